The molecule has 1 aliphatic rings. The van der Waals surface area contributed by atoms with Gasteiger partial charge in [0, 0.05) is 6.54 Å². The summed E-state index contributed by atoms with van der Waals surface area (Å²) in [5, 5.41) is 2.66. The maximum absolute atomic E-state index is 12.7. The van der Waals surface area contributed by atoms with Gasteiger partial charge in [-0.15, -0.1) is 0 Å². The minimum absolute atomic E-state index is 0.103. The lowest BCUT2D eigenvalue weighted by atomic mass is 10.1. The maximum Gasteiger partial charge on any atom is 0.338 e. The molecule has 0 saturated heterocycles. The molecular formula is C26H22N2O7. The van der Waals surface area contributed by atoms with Gasteiger partial charge in [-0.25, -0.2) is 9.69 Å². The van der Waals surface area contributed by atoms with Gasteiger partial charge >= 0.3 is 5.97 Å². The van der Waals surface area contributed by atoms with Crippen LogP contribution >= 0.6 is 0 Å². The second-order valence-corrected chi connectivity index (χ2v) is 7.58. The molecule has 0 fully saturated rings. The number of methoxy groups -OCH3 is 2. The number of hydrogen-bond acceptors (Lipinski definition) is 7. The first-order chi connectivity index (χ1) is 16.9. The Balaban J connectivity index is 1.35. The molecule has 1 N–H and O–H groups in total. The summed E-state index contributed by atoms with van der Waals surface area (Å²) in [4.78, 5) is 51.1. The molecule has 0 aromatic heterocycles. The number of anilines is 1. The summed E-state index contributed by atoms with van der Waals surface area (Å²) in [6.07, 6.45) is 0. The van der Waals surface area contributed by atoms with Crippen molar-refractivity contribution < 1.29 is 33.4 Å². The van der Waals surface area contributed by atoms with Gasteiger partial charge in [0.15, 0.2) is 18.1 Å². The minimum Gasteiger partial charge on any atom is -0.493 e. The highest BCUT2D eigenvalue weighted by atomic mass is 16.5. The van der Waals surface area contributed by atoms with Crippen LogP contribution in [0.2, 0.25) is 0 Å². The van der Waals surface area contributed by atoms with Crippen molar-refractivity contribution in [1.82, 2.24) is 5.32 Å². The van der Waals surface area contributed by atoms with Gasteiger partial charge in [-0.1, -0.05) is 24.3 Å². The second kappa shape index (κ2) is 10.1. The predicted molar refractivity (Wildman–Crippen MR) is 126 cm³/mol. The summed E-state index contributed by atoms with van der Waals surface area (Å²) in [6.45, 7) is -0.296. The highest BCUT2D eigenvalue weighted by molar-refractivity contribution is 6.34. The van der Waals surface area contributed by atoms with E-state index < -0.39 is 30.3 Å². The molecule has 0 unspecified atom stereocenters. The largest absolute Gasteiger partial charge is 0.493 e. The molecular weight excluding hydrogens is 452 g/mol. The highest BCUT2D eigenvalue weighted by Crippen LogP contribution is 2.29. The Hall–Kier alpha value is -4.66. The van der Waals surface area contributed by atoms with Crippen molar-refractivity contribution >= 4 is 29.4 Å². The lowest BCUT2D eigenvalue weighted by molar-refractivity contribution is -0.124. The van der Waals surface area contributed by atoms with Crippen LogP contribution < -0.4 is 19.7 Å². The third kappa shape index (κ3) is 4.84. The molecule has 3 amide bonds. The number of fused-ring (bicyclic) bond motifs is 1. The SMILES string of the molecule is COc1ccc(CNC(=O)COC(=O)c2cccc(N3C(=O)c4ccccc4C3=O)c2)cc1OC. The number of imide groups is 1. The van der Waals surface area contributed by atoms with Gasteiger partial charge in [0.25, 0.3) is 17.7 Å². The number of benzene rings is 3. The van der Waals surface area contributed by atoms with Crippen LogP contribution in [-0.2, 0) is 16.1 Å². The summed E-state index contributed by atoms with van der Waals surface area (Å²) < 4.78 is 15.5. The van der Waals surface area contributed by atoms with Crippen LogP contribution in [-0.4, -0.2) is 44.5 Å². The highest BCUT2D eigenvalue weighted by Gasteiger charge is 2.36. The number of hydrogen-bond donors (Lipinski definition) is 1. The Morgan fingerprint density at radius 3 is 2.17 bits per heavy atom. The molecule has 3 aromatic carbocycles. The summed E-state index contributed by atoms with van der Waals surface area (Å²) in [6, 6.07) is 17.7. The van der Waals surface area contributed by atoms with Crippen molar-refractivity contribution in [1.29, 1.82) is 0 Å². The number of nitrogens with one attached hydrogen (secondary N) is 1. The molecule has 4 rings (SSSR count). The first kappa shape index (κ1) is 23.5. The van der Waals surface area contributed by atoms with Crippen LogP contribution in [0.5, 0.6) is 11.5 Å². The number of carbonyl (C=O) groups is 4. The molecule has 178 valence electrons. The van der Waals surface area contributed by atoms with Crippen molar-refractivity contribution in [3.8, 4) is 11.5 Å². The first-order valence-corrected chi connectivity index (χ1v) is 10.7. The molecule has 1 aliphatic heterocycles. The number of amides is 3. The first-order valence-electron chi connectivity index (χ1n) is 10.7. The fraction of sp³-hybridized carbons (Fsp3) is 0.154. The van der Waals surface area contributed by atoms with E-state index in [1.54, 1.807) is 48.5 Å². The van der Waals surface area contributed by atoms with Crippen molar-refractivity contribution in [2.45, 2.75) is 6.54 Å². The minimum atomic E-state index is -0.760. The summed E-state index contributed by atoms with van der Waals surface area (Å²) in [5.41, 5.74) is 1.72. The van der Waals surface area contributed by atoms with Gasteiger partial charge in [0.05, 0.1) is 36.6 Å². The molecule has 0 atom stereocenters. The molecule has 35 heavy (non-hydrogen) atoms. The van der Waals surface area contributed by atoms with Gasteiger partial charge in [-0.3, -0.25) is 14.4 Å². The van der Waals surface area contributed by atoms with E-state index in [0.717, 1.165) is 10.5 Å². The molecule has 0 saturated carbocycles. The molecule has 0 aliphatic carbocycles. The van der Waals surface area contributed by atoms with Crippen LogP contribution in [0.25, 0.3) is 0 Å². The number of carbonyl (C=O) groups excluding carboxylic acids is 4. The molecule has 0 bridgehead atoms. The molecule has 9 heteroatoms. The standard InChI is InChI=1S/C26H22N2O7/c1-33-21-11-10-16(12-22(21)34-2)14-27-23(29)15-35-26(32)17-6-5-7-18(13-17)28-24(30)19-8-3-4-9-20(19)25(28)31/h3-13H,14-15H2,1-2H3,(H,27,29). The van der Waals surface area contributed by atoms with Crippen LogP contribution in [0.3, 0.4) is 0 Å². The van der Waals surface area contributed by atoms with Crippen molar-refractivity contribution in [2.75, 3.05) is 25.7 Å². The van der Waals surface area contributed by atoms with Crippen molar-refractivity contribution in [3.63, 3.8) is 0 Å². The van der Waals surface area contributed by atoms with Crippen LogP contribution in [0.4, 0.5) is 5.69 Å². The summed E-state index contributed by atoms with van der Waals surface area (Å²) in [7, 11) is 3.05. The Morgan fingerprint density at radius 1 is 0.829 bits per heavy atom. The molecule has 1 heterocycles. The van der Waals surface area contributed by atoms with Crippen molar-refractivity contribution in [3.05, 3.63) is 89.0 Å². The normalized spacial score (nSPS) is 12.2. The third-order valence-electron chi connectivity index (χ3n) is 5.41. The van der Waals surface area contributed by atoms with E-state index in [4.69, 9.17) is 14.2 Å². The molecule has 0 radical (unpaired) electrons. The fourth-order valence-corrected chi connectivity index (χ4v) is 3.65. The van der Waals surface area contributed by atoms with Crippen LogP contribution in [0.15, 0.2) is 66.7 Å². The predicted octanol–water partition coefficient (Wildman–Crippen LogP) is 2.98. The van der Waals surface area contributed by atoms with Gasteiger partial charge in [-0.05, 0) is 48.0 Å². The average molecular weight is 474 g/mol. The van der Waals surface area contributed by atoms with E-state index in [9.17, 15) is 19.2 Å². The van der Waals surface area contributed by atoms with Gasteiger partial charge in [0.2, 0.25) is 0 Å². The number of esters is 1. The Kier molecular flexibility index (Phi) is 6.77. The lowest BCUT2D eigenvalue weighted by Gasteiger charge is -2.15. The lowest BCUT2D eigenvalue weighted by Crippen LogP contribution is -2.30. The maximum atomic E-state index is 12.7. The van der Waals surface area contributed by atoms with E-state index >= 15 is 0 Å². The number of ether oxygens (including phenoxy) is 3. The van der Waals surface area contributed by atoms with Crippen molar-refractivity contribution in [2.24, 2.45) is 0 Å². The monoisotopic (exact) mass is 474 g/mol. The third-order valence-corrected chi connectivity index (χ3v) is 5.41. The quantitative estimate of drug-likeness (QED) is 0.395. The summed E-state index contributed by atoms with van der Waals surface area (Å²) >= 11 is 0. The van der Waals surface area contributed by atoms with E-state index in [0.29, 0.717) is 22.6 Å². The Bertz CT molecular complexity index is 1280. The summed E-state index contributed by atoms with van der Waals surface area (Å²) in [5.74, 6) is -1.09. The van der Waals surface area contributed by atoms with Gasteiger partial charge in [-0.2, -0.15) is 0 Å². The van der Waals surface area contributed by atoms with Gasteiger partial charge < -0.3 is 19.5 Å². The topological polar surface area (TPSA) is 111 Å². The van der Waals surface area contributed by atoms with Gasteiger partial charge in [0.1, 0.15) is 0 Å². The molecule has 9 nitrogen and oxygen atoms in total. The van der Waals surface area contributed by atoms with Crippen LogP contribution in [0, 0.1) is 0 Å². The zero-order valence-electron chi connectivity index (χ0n) is 19.1. The van der Waals surface area contributed by atoms with E-state index in [2.05, 4.69) is 5.32 Å². The zero-order chi connectivity index (χ0) is 24.9. The number of rotatable bonds is 8. The number of nitrogens with zero attached hydrogens (tertiary/aromatic N) is 1. The fourth-order valence-electron chi connectivity index (χ4n) is 3.65. The van der Waals surface area contributed by atoms with Crippen LogP contribution in [0.1, 0.15) is 36.6 Å². The Morgan fingerprint density at radius 2 is 1.51 bits per heavy atom. The van der Waals surface area contributed by atoms with E-state index in [1.807, 2.05) is 0 Å². The Labute approximate surface area is 201 Å². The zero-order valence-corrected chi connectivity index (χ0v) is 19.1. The molecule has 0 spiro atoms. The van der Waals surface area contributed by atoms with E-state index in [-0.39, 0.29) is 17.8 Å². The smallest absolute Gasteiger partial charge is 0.338 e. The second-order valence-electron chi connectivity index (χ2n) is 7.58. The average Bonchev–Trinajstić information content (AvgIpc) is 3.15. The van der Waals surface area contributed by atoms with E-state index in [1.165, 1.54) is 32.4 Å². The molecule has 3 aromatic rings.